The Labute approximate surface area is 108 Å². The van der Waals surface area contributed by atoms with E-state index in [0.29, 0.717) is 13.2 Å². The average Bonchev–Trinajstić information content (AvgIpc) is 3.13. The summed E-state index contributed by atoms with van der Waals surface area (Å²) in [4.78, 5) is 14.0. The fraction of sp³-hybridized carbons (Fsp3) is 0.846. The quantitative estimate of drug-likeness (QED) is 0.636. The van der Waals surface area contributed by atoms with E-state index < -0.39 is 5.54 Å². The van der Waals surface area contributed by atoms with Crippen LogP contribution in [0.5, 0.6) is 0 Å². The highest BCUT2D eigenvalue weighted by Gasteiger charge is 2.50. The first-order valence-corrected chi connectivity index (χ1v) is 6.53. The fourth-order valence-corrected chi connectivity index (χ4v) is 2.41. The van der Waals surface area contributed by atoms with E-state index >= 15 is 0 Å². The average molecular weight is 252 g/mol. The third-order valence-electron chi connectivity index (χ3n) is 3.69. The molecule has 0 heterocycles. The molecule has 5 nitrogen and oxygen atoms in total. The lowest BCUT2D eigenvalue weighted by Gasteiger charge is -2.45. The van der Waals surface area contributed by atoms with Crippen LogP contribution in [0.2, 0.25) is 0 Å². The van der Waals surface area contributed by atoms with E-state index in [9.17, 15) is 10.1 Å². The molecule has 2 saturated carbocycles. The Hall–Kier alpha value is -1.12. The number of nitriles is 1. The molecule has 0 saturated heterocycles. The summed E-state index contributed by atoms with van der Waals surface area (Å²) < 4.78 is 10.1. The molecular formula is C13H20N2O3. The second-order valence-electron chi connectivity index (χ2n) is 5.04. The van der Waals surface area contributed by atoms with Crippen molar-refractivity contribution < 1.29 is 14.3 Å². The first-order valence-electron chi connectivity index (χ1n) is 6.53. The number of nitrogens with zero attached hydrogens (tertiary/aromatic N) is 2. The third-order valence-corrected chi connectivity index (χ3v) is 3.69. The van der Waals surface area contributed by atoms with Crippen LogP contribution in [0.3, 0.4) is 0 Å². The number of methoxy groups -OCH3 is 1. The van der Waals surface area contributed by atoms with E-state index in [1.807, 2.05) is 0 Å². The van der Waals surface area contributed by atoms with Crippen molar-refractivity contribution in [3.63, 3.8) is 0 Å². The summed E-state index contributed by atoms with van der Waals surface area (Å²) in [6.45, 7) is 0.962. The Morgan fingerprint density at radius 2 is 2.17 bits per heavy atom. The number of amides is 1. The van der Waals surface area contributed by atoms with Gasteiger partial charge in [0.25, 0.3) is 0 Å². The van der Waals surface area contributed by atoms with E-state index in [1.54, 1.807) is 12.0 Å². The Morgan fingerprint density at radius 3 is 2.61 bits per heavy atom. The molecule has 0 unspecified atom stereocenters. The van der Waals surface area contributed by atoms with Crippen molar-refractivity contribution in [3.05, 3.63) is 0 Å². The van der Waals surface area contributed by atoms with Gasteiger partial charge < -0.3 is 14.4 Å². The van der Waals surface area contributed by atoms with Crippen molar-refractivity contribution in [3.8, 4) is 6.07 Å². The van der Waals surface area contributed by atoms with E-state index in [4.69, 9.17) is 9.47 Å². The number of carbonyl (C=O) groups is 1. The molecule has 100 valence electrons. The van der Waals surface area contributed by atoms with Crippen molar-refractivity contribution in [1.29, 1.82) is 5.26 Å². The highest BCUT2D eigenvalue weighted by atomic mass is 16.5. The van der Waals surface area contributed by atoms with Gasteiger partial charge in [-0.25, -0.2) is 0 Å². The molecule has 2 aliphatic rings. The largest absolute Gasteiger partial charge is 0.382 e. The lowest BCUT2D eigenvalue weighted by atomic mass is 9.76. The lowest BCUT2D eigenvalue weighted by molar-refractivity contribution is -0.144. The zero-order valence-electron chi connectivity index (χ0n) is 10.9. The summed E-state index contributed by atoms with van der Waals surface area (Å²) in [5.74, 6) is -0.0464. The molecule has 0 aromatic heterocycles. The van der Waals surface area contributed by atoms with Gasteiger partial charge in [-0.15, -0.1) is 0 Å². The van der Waals surface area contributed by atoms with Crippen molar-refractivity contribution in [2.75, 3.05) is 26.9 Å². The highest BCUT2D eigenvalue weighted by molar-refractivity contribution is 5.79. The standard InChI is InChI=1S/C13H20N2O3/c1-17-7-8-18-9-12(16)15(11-3-4-11)13(10-14)5-2-6-13/h11H,2-9H2,1H3. The zero-order chi connectivity index (χ0) is 13.0. The third kappa shape index (κ3) is 2.65. The molecule has 0 aromatic rings. The van der Waals surface area contributed by atoms with Crippen molar-refractivity contribution in [2.24, 2.45) is 0 Å². The Morgan fingerprint density at radius 1 is 1.44 bits per heavy atom. The van der Waals surface area contributed by atoms with Gasteiger partial charge in [-0.3, -0.25) is 4.79 Å². The molecule has 1 amide bonds. The van der Waals surface area contributed by atoms with Crippen molar-refractivity contribution in [1.82, 2.24) is 4.90 Å². The van der Waals surface area contributed by atoms with Crippen LogP contribution in [-0.2, 0) is 14.3 Å². The Kier molecular flexibility index (Phi) is 4.20. The number of hydrogen-bond donors (Lipinski definition) is 0. The van der Waals surface area contributed by atoms with Crippen LogP contribution in [0, 0.1) is 11.3 Å². The lowest BCUT2D eigenvalue weighted by Crippen LogP contribution is -2.57. The van der Waals surface area contributed by atoms with Crippen LogP contribution in [-0.4, -0.2) is 49.3 Å². The predicted octanol–water partition coefficient (Wildman–Crippen LogP) is 1.09. The summed E-state index contributed by atoms with van der Waals surface area (Å²) in [5.41, 5.74) is -0.539. The predicted molar refractivity (Wildman–Crippen MR) is 64.8 cm³/mol. The second kappa shape index (κ2) is 5.68. The van der Waals surface area contributed by atoms with Gasteiger partial charge in [0.1, 0.15) is 12.1 Å². The molecular weight excluding hydrogens is 232 g/mol. The molecule has 0 bridgehead atoms. The smallest absolute Gasteiger partial charge is 0.250 e. The minimum atomic E-state index is -0.539. The summed E-state index contributed by atoms with van der Waals surface area (Å²) >= 11 is 0. The molecule has 5 heteroatoms. The van der Waals surface area contributed by atoms with E-state index in [2.05, 4.69) is 6.07 Å². The van der Waals surface area contributed by atoms with Crippen LogP contribution < -0.4 is 0 Å². The monoisotopic (exact) mass is 252 g/mol. The molecule has 18 heavy (non-hydrogen) atoms. The fourth-order valence-electron chi connectivity index (χ4n) is 2.41. The normalized spacial score (nSPS) is 20.9. The van der Waals surface area contributed by atoms with Gasteiger partial charge in [0.15, 0.2) is 0 Å². The van der Waals surface area contributed by atoms with Crippen molar-refractivity contribution in [2.45, 2.75) is 43.7 Å². The molecule has 0 N–H and O–H groups in total. The van der Waals surface area contributed by atoms with Crippen LogP contribution in [0.15, 0.2) is 0 Å². The molecule has 2 fully saturated rings. The van der Waals surface area contributed by atoms with Gasteiger partial charge in [0, 0.05) is 13.2 Å². The molecule has 0 aliphatic heterocycles. The maximum absolute atomic E-state index is 12.2. The van der Waals surface area contributed by atoms with E-state index in [0.717, 1.165) is 32.1 Å². The number of hydrogen-bond acceptors (Lipinski definition) is 4. The van der Waals surface area contributed by atoms with E-state index in [1.165, 1.54) is 0 Å². The van der Waals surface area contributed by atoms with Crippen molar-refractivity contribution >= 4 is 5.91 Å². The number of ether oxygens (including phenoxy) is 2. The van der Waals surface area contributed by atoms with Gasteiger partial charge in [-0.1, -0.05) is 0 Å². The minimum Gasteiger partial charge on any atom is -0.382 e. The van der Waals surface area contributed by atoms with Crippen LogP contribution in [0.25, 0.3) is 0 Å². The number of rotatable bonds is 7. The molecule has 2 aliphatic carbocycles. The Balaban J connectivity index is 1.89. The molecule has 0 atom stereocenters. The van der Waals surface area contributed by atoms with Crippen LogP contribution in [0.1, 0.15) is 32.1 Å². The zero-order valence-corrected chi connectivity index (χ0v) is 10.9. The van der Waals surface area contributed by atoms with Gasteiger partial charge in [0.05, 0.1) is 19.3 Å². The summed E-state index contributed by atoms with van der Waals surface area (Å²) in [5, 5.41) is 9.34. The molecule has 0 aromatic carbocycles. The topological polar surface area (TPSA) is 62.6 Å². The highest BCUT2D eigenvalue weighted by Crippen LogP contribution is 2.43. The first-order chi connectivity index (χ1) is 8.73. The second-order valence-corrected chi connectivity index (χ2v) is 5.04. The molecule has 0 radical (unpaired) electrons. The van der Waals surface area contributed by atoms with Crippen LogP contribution in [0.4, 0.5) is 0 Å². The first kappa shape index (κ1) is 13.3. The van der Waals surface area contributed by atoms with Gasteiger partial charge in [0.2, 0.25) is 5.91 Å². The Bertz CT molecular complexity index is 343. The number of carbonyl (C=O) groups excluding carboxylic acids is 1. The van der Waals surface area contributed by atoms with Gasteiger partial charge in [-0.2, -0.15) is 5.26 Å². The SMILES string of the molecule is COCCOCC(=O)N(C1CC1)C1(C#N)CCC1. The maximum atomic E-state index is 12.2. The van der Waals surface area contributed by atoms with Crippen LogP contribution >= 0.6 is 0 Å². The summed E-state index contributed by atoms with van der Waals surface area (Å²) in [6.07, 6.45) is 4.70. The maximum Gasteiger partial charge on any atom is 0.250 e. The minimum absolute atomic E-state index is 0.0464. The summed E-state index contributed by atoms with van der Waals surface area (Å²) in [6, 6.07) is 2.61. The molecule has 2 rings (SSSR count). The summed E-state index contributed by atoms with van der Waals surface area (Å²) in [7, 11) is 1.60. The van der Waals surface area contributed by atoms with E-state index in [-0.39, 0.29) is 18.6 Å². The van der Waals surface area contributed by atoms with Gasteiger partial charge in [-0.05, 0) is 32.1 Å². The molecule has 0 spiro atoms. The van der Waals surface area contributed by atoms with Gasteiger partial charge >= 0.3 is 0 Å².